The standard InChI is InChI=1S/C12H24N2O4S2/c1-10-2-5-13-8-11(10)9-14-20(17,18)12-3-6-19(15,16)7-4-12/h10-14H,2-9H2,1H3. The second kappa shape index (κ2) is 6.29. The highest BCUT2D eigenvalue weighted by atomic mass is 32.2. The van der Waals surface area contributed by atoms with Gasteiger partial charge in [-0.15, -0.1) is 0 Å². The summed E-state index contributed by atoms with van der Waals surface area (Å²) in [6.07, 6.45) is 1.50. The molecule has 0 aromatic rings. The predicted molar refractivity (Wildman–Crippen MR) is 78.7 cm³/mol. The summed E-state index contributed by atoms with van der Waals surface area (Å²) in [4.78, 5) is 0. The molecule has 2 aliphatic heterocycles. The van der Waals surface area contributed by atoms with Gasteiger partial charge in [-0.3, -0.25) is 0 Å². The van der Waals surface area contributed by atoms with Gasteiger partial charge in [0.25, 0.3) is 0 Å². The molecule has 2 fully saturated rings. The van der Waals surface area contributed by atoms with E-state index in [0.717, 1.165) is 19.5 Å². The third kappa shape index (κ3) is 4.16. The normalized spacial score (nSPS) is 32.0. The van der Waals surface area contributed by atoms with Crippen LogP contribution >= 0.6 is 0 Å². The van der Waals surface area contributed by atoms with E-state index >= 15 is 0 Å². The smallest absolute Gasteiger partial charge is 0.214 e. The van der Waals surface area contributed by atoms with E-state index in [1.807, 2.05) is 0 Å². The molecule has 2 unspecified atom stereocenters. The van der Waals surface area contributed by atoms with Crippen LogP contribution in [0.3, 0.4) is 0 Å². The minimum absolute atomic E-state index is 0.0139. The zero-order valence-corrected chi connectivity index (χ0v) is 13.5. The lowest BCUT2D eigenvalue weighted by Crippen LogP contribution is -2.45. The second-order valence-corrected chi connectivity index (χ2v) is 10.3. The van der Waals surface area contributed by atoms with Crippen molar-refractivity contribution in [1.82, 2.24) is 10.0 Å². The molecule has 2 atom stereocenters. The first kappa shape index (κ1) is 16.2. The van der Waals surface area contributed by atoms with Gasteiger partial charge in [0, 0.05) is 6.54 Å². The predicted octanol–water partition coefficient (Wildman–Crippen LogP) is -0.271. The van der Waals surface area contributed by atoms with Crippen molar-refractivity contribution in [2.45, 2.75) is 31.4 Å². The summed E-state index contributed by atoms with van der Waals surface area (Å²) < 4.78 is 49.8. The third-order valence-electron chi connectivity index (χ3n) is 4.47. The molecule has 0 aromatic carbocycles. The molecule has 118 valence electrons. The average Bonchev–Trinajstić information content (AvgIpc) is 2.37. The number of sulfone groups is 1. The lowest BCUT2D eigenvalue weighted by Gasteiger charge is -2.30. The van der Waals surface area contributed by atoms with Crippen LogP contribution in [0.25, 0.3) is 0 Å². The van der Waals surface area contributed by atoms with Crippen LogP contribution in [0.4, 0.5) is 0 Å². The topological polar surface area (TPSA) is 92.3 Å². The van der Waals surface area contributed by atoms with Gasteiger partial charge in [0.15, 0.2) is 0 Å². The number of nitrogens with one attached hydrogen (secondary N) is 2. The molecule has 2 heterocycles. The Bertz CT molecular complexity index is 516. The molecule has 0 radical (unpaired) electrons. The van der Waals surface area contributed by atoms with Crippen molar-refractivity contribution < 1.29 is 16.8 Å². The molecule has 0 spiro atoms. The minimum atomic E-state index is -3.40. The van der Waals surface area contributed by atoms with Crippen LogP contribution in [-0.4, -0.2) is 53.2 Å². The van der Waals surface area contributed by atoms with Crippen molar-refractivity contribution in [2.24, 2.45) is 11.8 Å². The fraction of sp³-hybridized carbons (Fsp3) is 1.00. The quantitative estimate of drug-likeness (QED) is 0.742. The Morgan fingerprint density at radius 3 is 2.45 bits per heavy atom. The van der Waals surface area contributed by atoms with Crippen molar-refractivity contribution in [3.63, 3.8) is 0 Å². The molecule has 0 amide bonds. The van der Waals surface area contributed by atoms with Crippen molar-refractivity contribution in [3.8, 4) is 0 Å². The van der Waals surface area contributed by atoms with Gasteiger partial charge in [-0.2, -0.15) is 0 Å². The summed E-state index contributed by atoms with van der Waals surface area (Å²) in [7, 11) is -6.42. The summed E-state index contributed by atoms with van der Waals surface area (Å²) in [5, 5.41) is 2.72. The van der Waals surface area contributed by atoms with Crippen LogP contribution < -0.4 is 10.0 Å². The van der Waals surface area contributed by atoms with Crippen molar-refractivity contribution in [3.05, 3.63) is 0 Å². The maximum absolute atomic E-state index is 12.2. The van der Waals surface area contributed by atoms with Crippen LogP contribution in [0.15, 0.2) is 0 Å². The van der Waals surface area contributed by atoms with Gasteiger partial charge in [-0.25, -0.2) is 21.6 Å². The zero-order chi connectivity index (χ0) is 14.8. The van der Waals surface area contributed by atoms with Gasteiger partial charge in [0.2, 0.25) is 10.0 Å². The maximum atomic E-state index is 12.2. The SMILES string of the molecule is CC1CCNCC1CNS(=O)(=O)C1CCS(=O)(=O)CC1. The fourth-order valence-corrected chi connectivity index (χ4v) is 6.18. The van der Waals surface area contributed by atoms with Crippen LogP contribution in [0.2, 0.25) is 0 Å². The molecule has 20 heavy (non-hydrogen) atoms. The lowest BCUT2D eigenvalue weighted by atomic mass is 9.88. The van der Waals surface area contributed by atoms with E-state index < -0.39 is 25.1 Å². The maximum Gasteiger partial charge on any atom is 0.214 e. The van der Waals surface area contributed by atoms with Crippen molar-refractivity contribution in [1.29, 1.82) is 0 Å². The van der Waals surface area contributed by atoms with Gasteiger partial charge in [0.05, 0.1) is 16.8 Å². The summed E-state index contributed by atoms with van der Waals surface area (Å²) >= 11 is 0. The van der Waals surface area contributed by atoms with E-state index in [1.54, 1.807) is 0 Å². The van der Waals surface area contributed by atoms with E-state index in [1.165, 1.54) is 0 Å². The van der Waals surface area contributed by atoms with E-state index in [9.17, 15) is 16.8 Å². The molecule has 0 saturated carbocycles. The van der Waals surface area contributed by atoms with E-state index in [4.69, 9.17) is 0 Å². The highest BCUT2D eigenvalue weighted by Gasteiger charge is 2.33. The molecule has 0 aromatic heterocycles. The van der Waals surface area contributed by atoms with Gasteiger partial charge < -0.3 is 5.32 Å². The first-order valence-corrected chi connectivity index (χ1v) is 10.6. The molecule has 8 heteroatoms. The first-order chi connectivity index (χ1) is 9.30. The molecule has 0 aliphatic carbocycles. The van der Waals surface area contributed by atoms with Crippen molar-refractivity contribution >= 4 is 19.9 Å². The van der Waals surface area contributed by atoms with Gasteiger partial charge >= 0.3 is 0 Å². The lowest BCUT2D eigenvalue weighted by molar-refractivity contribution is 0.275. The summed E-state index contributed by atoms with van der Waals surface area (Å²) in [6.45, 7) is 4.42. The Hall–Kier alpha value is -0.180. The number of hydrogen-bond donors (Lipinski definition) is 2. The third-order valence-corrected chi connectivity index (χ3v) is 8.11. The average molecular weight is 324 g/mol. The molecular weight excluding hydrogens is 300 g/mol. The molecule has 0 bridgehead atoms. The monoisotopic (exact) mass is 324 g/mol. The van der Waals surface area contributed by atoms with Gasteiger partial charge in [-0.05, 0) is 44.2 Å². The molecule has 6 nitrogen and oxygen atoms in total. The van der Waals surface area contributed by atoms with E-state index in [2.05, 4.69) is 17.0 Å². The van der Waals surface area contributed by atoms with Gasteiger partial charge in [-0.1, -0.05) is 6.92 Å². The molecule has 2 N–H and O–H groups in total. The summed E-state index contributed by atoms with van der Waals surface area (Å²) in [5.41, 5.74) is 0. The van der Waals surface area contributed by atoms with Crippen LogP contribution in [0.5, 0.6) is 0 Å². The van der Waals surface area contributed by atoms with Crippen LogP contribution in [-0.2, 0) is 19.9 Å². The van der Waals surface area contributed by atoms with E-state index in [-0.39, 0.29) is 24.3 Å². The van der Waals surface area contributed by atoms with Crippen LogP contribution in [0, 0.1) is 11.8 Å². The molecular formula is C12H24N2O4S2. The van der Waals surface area contributed by atoms with Gasteiger partial charge in [0.1, 0.15) is 9.84 Å². The van der Waals surface area contributed by atoms with Crippen molar-refractivity contribution in [2.75, 3.05) is 31.1 Å². The zero-order valence-electron chi connectivity index (χ0n) is 11.8. The Balaban J connectivity index is 1.88. The Morgan fingerprint density at radius 2 is 1.85 bits per heavy atom. The number of rotatable bonds is 4. The Morgan fingerprint density at radius 1 is 1.20 bits per heavy atom. The van der Waals surface area contributed by atoms with Crippen LogP contribution in [0.1, 0.15) is 26.2 Å². The number of piperidine rings is 1. The Kier molecular flexibility index (Phi) is 5.09. The fourth-order valence-electron chi connectivity index (χ4n) is 2.85. The Labute approximate surface area is 121 Å². The molecule has 2 aliphatic rings. The molecule has 2 saturated heterocycles. The molecule has 2 rings (SSSR count). The highest BCUT2D eigenvalue weighted by molar-refractivity contribution is 7.92. The summed E-state index contributed by atoms with van der Waals surface area (Å²) in [5.74, 6) is 0.788. The highest BCUT2D eigenvalue weighted by Crippen LogP contribution is 2.21. The summed E-state index contributed by atoms with van der Waals surface area (Å²) in [6, 6.07) is 0. The number of sulfonamides is 1. The van der Waals surface area contributed by atoms with E-state index in [0.29, 0.717) is 18.4 Å². The minimum Gasteiger partial charge on any atom is -0.316 e. The second-order valence-electron chi connectivity index (χ2n) is 5.97. The number of hydrogen-bond acceptors (Lipinski definition) is 5. The largest absolute Gasteiger partial charge is 0.316 e. The first-order valence-electron chi connectivity index (χ1n) is 7.20.